The van der Waals surface area contributed by atoms with Gasteiger partial charge >= 0.3 is 0 Å². The molecule has 1 heterocycles. The Morgan fingerprint density at radius 2 is 2.38 bits per heavy atom. The Hall–Kier alpha value is -0.830. The van der Waals surface area contributed by atoms with Gasteiger partial charge in [-0.2, -0.15) is 0 Å². The maximum absolute atomic E-state index is 12.8. The summed E-state index contributed by atoms with van der Waals surface area (Å²) in [4.78, 5) is 3.64. The predicted molar refractivity (Wildman–Crippen MR) is 47.4 cm³/mol. The Balaban J connectivity index is 1.98. The summed E-state index contributed by atoms with van der Waals surface area (Å²) in [7, 11) is 0. The van der Waals surface area contributed by atoms with Crippen LogP contribution in [0.5, 0.6) is 5.75 Å². The zero-order valence-corrected chi connectivity index (χ0v) is 7.72. The highest BCUT2D eigenvalue weighted by Gasteiger charge is 2.22. The molecule has 1 aromatic heterocycles. The van der Waals surface area contributed by atoms with Crippen LogP contribution in [0.2, 0.25) is 5.15 Å². The van der Waals surface area contributed by atoms with Crippen LogP contribution in [-0.4, -0.2) is 11.6 Å². The normalized spacial score (nSPS) is 15.8. The summed E-state index contributed by atoms with van der Waals surface area (Å²) in [5.74, 6) is 0.572. The van der Waals surface area contributed by atoms with E-state index in [1.807, 2.05) is 0 Å². The smallest absolute Gasteiger partial charge is 0.164 e. The second-order valence-corrected chi connectivity index (χ2v) is 3.56. The lowest BCUT2D eigenvalue weighted by Crippen LogP contribution is -1.99. The minimum absolute atomic E-state index is 0.112. The first kappa shape index (κ1) is 8.75. The topological polar surface area (TPSA) is 22.1 Å². The van der Waals surface area contributed by atoms with Gasteiger partial charge in [-0.15, -0.1) is 0 Å². The van der Waals surface area contributed by atoms with Gasteiger partial charge in [-0.3, -0.25) is 0 Å². The average Bonchev–Trinajstić information content (AvgIpc) is 2.91. The van der Waals surface area contributed by atoms with Crippen LogP contribution in [0.15, 0.2) is 12.3 Å². The summed E-state index contributed by atoms with van der Waals surface area (Å²) in [5.41, 5.74) is 0. The molecular formula is C9H9ClFNO. The SMILES string of the molecule is Fc1cc(OCC2CC2)cnc1Cl. The van der Waals surface area contributed by atoms with E-state index in [2.05, 4.69) is 4.98 Å². The molecule has 2 rings (SSSR count). The lowest BCUT2D eigenvalue weighted by molar-refractivity contribution is 0.297. The van der Waals surface area contributed by atoms with E-state index in [1.165, 1.54) is 25.1 Å². The quantitative estimate of drug-likeness (QED) is 0.702. The highest BCUT2D eigenvalue weighted by atomic mass is 35.5. The van der Waals surface area contributed by atoms with Gasteiger partial charge in [0.1, 0.15) is 5.75 Å². The van der Waals surface area contributed by atoms with Crippen molar-refractivity contribution >= 4 is 11.6 Å². The molecule has 0 radical (unpaired) electrons. The fraction of sp³-hybridized carbons (Fsp3) is 0.444. The van der Waals surface area contributed by atoms with E-state index < -0.39 is 5.82 Å². The van der Waals surface area contributed by atoms with Gasteiger partial charge in [-0.05, 0) is 18.8 Å². The summed E-state index contributed by atoms with van der Waals surface area (Å²) in [5, 5.41) is -0.112. The third-order valence-electron chi connectivity index (χ3n) is 1.95. The minimum atomic E-state index is -0.532. The van der Waals surface area contributed by atoms with Crippen molar-refractivity contribution in [1.82, 2.24) is 4.98 Å². The predicted octanol–water partition coefficient (Wildman–Crippen LogP) is 2.66. The Kier molecular flexibility index (Phi) is 2.36. The van der Waals surface area contributed by atoms with Gasteiger partial charge in [-0.25, -0.2) is 9.37 Å². The molecule has 0 atom stereocenters. The highest BCUT2D eigenvalue weighted by molar-refractivity contribution is 6.29. The van der Waals surface area contributed by atoms with Crippen LogP contribution in [0, 0.1) is 11.7 Å². The molecule has 0 N–H and O–H groups in total. The van der Waals surface area contributed by atoms with Crippen molar-refractivity contribution in [2.24, 2.45) is 5.92 Å². The molecular weight excluding hydrogens is 193 g/mol. The van der Waals surface area contributed by atoms with Crippen molar-refractivity contribution < 1.29 is 9.13 Å². The number of halogens is 2. The minimum Gasteiger partial charge on any atom is -0.492 e. The summed E-state index contributed by atoms with van der Waals surface area (Å²) >= 11 is 5.41. The van der Waals surface area contributed by atoms with Gasteiger partial charge < -0.3 is 4.74 Å². The molecule has 0 aliphatic heterocycles. The average molecular weight is 202 g/mol. The van der Waals surface area contributed by atoms with Gasteiger partial charge in [0.25, 0.3) is 0 Å². The van der Waals surface area contributed by atoms with E-state index in [-0.39, 0.29) is 5.15 Å². The van der Waals surface area contributed by atoms with Crippen molar-refractivity contribution in [3.63, 3.8) is 0 Å². The molecule has 13 heavy (non-hydrogen) atoms. The van der Waals surface area contributed by atoms with E-state index in [1.54, 1.807) is 0 Å². The summed E-state index contributed by atoms with van der Waals surface area (Å²) < 4.78 is 18.1. The number of aromatic nitrogens is 1. The Morgan fingerprint density at radius 3 is 3.00 bits per heavy atom. The second kappa shape index (κ2) is 3.50. The summed E-state index contributed by atoms with van der Waals surface area (Å²) in [6.07, 6.45) is 3.86. The lowest BCUT2D eigenvalue weighted by Gasteiger charge is -2.04. The van der Waals surface area contributed by atoms with Crippen LogP contribution in [0.4, 0.5) is 4.39 Å². The third kappa shape index (κ3) is 2.31. The van der Waals surface area contributed by atoms with Gasteiger partial charge in [0, 0.05) is 6.07 Å². The van der Waals surface area contributed by atoms with E-state index in [9.17, 15) is 4.39 Å². The first-order valence-electron chi connectivity index (χ1n) is 4.19. The molecule has 4 heteroatoms. The molecule has 0 spiro atoms. The van der Waals surface area contributed by atoms with E-state index in [0.29, 0.717) is 18.3 Å². The van der Waals surface area contributed by atoms with E-state index >= 15 is 0 Å². The number of pyridine rings is 1. The molecule has 1 aromatic rings. The largest absolute Gasteiger partial charge is 0.492 e. The van der Waals surface area contributed by atoms with Crippen LogP contribution in [-0.2, 0) is 0 Å². The van der Waals surface area contributed by atoms with Gasteiger partial charge in [0.2, 0.25) is 0 Å². The van der Waals surface area contributed by atoms with Crippen LogP contribution in [0.1, 0.15) is 12.8 Å². The fourth-order valence-corrected chi connectivity index (χ4v) is 1.08. The monoisotopic (exact) mass is 201 g/mol. The molecule has 0 unspecified atom stereocenters. The standard InChI is InChI=1S/C9H9ClFNO/c10-9-8(11)3-7(4-12-9)13-5-6-1-2-6/h3-4,6H,1-2,5H2. The Labute approximate surface area is 80.7 Å². The Morgan fingerprint density at radius 1 is 1.62 bits per heavy atom. The Bertz CT molecular complexity index is 314. The third-order valence-corrected chi connectivity index (χ3v) is 2.23. The van der Waals surface area contributed by atoms with Crippen LogP contribution in [0.25, 0.3) is 0 Å². The summed E-state index contributed by atoms with van der Waals surface area (Å²) in [6, 6.07) is 1.26. The number of hydrogen-bond donors (Lipinski definition) is 0. The summed E-state index contributed by atoms with van der Waals surface area (Å²) in [6.45, 7) is 0.656. The van der Waals surface area contributed by atoms with E-state index in [4.69, 9.17) is 16.3 Å². The molecule has 0 saturated heterocycles. The second-order valence-electron chi connectivity index (χ2n) is 3.20. The highest BCUT2D eigenvalue weighted by Crippen LogP contribution is 2.29. The van der Waals surface area contributed by atoms with E-state index in [0.717, 1.165) is 0 Å². The van der Waals surface area contributed by atoms with Gasteiger partial charge in [0.15, 0.2) is 11.0 Å². The molecule has 0 amide bonds. The number of hydrogen-bond acceptors (Lipinski definition) is 2. The molecule has 0 bridgehead atoms. The number of nitrogens with zero attached hydrogens (tertiary/aromatic N) is 1. The number of ether oxygens (including phenoxy) is 1. The maximum Gasteiger partial charge on any atom is 0.164 e. The van der Waals surface area contributed by atoms with Gasteiger partial charge in [0.05, 0.1) is 12.8 Å². The molecule has 2 nitrogen and oxygen atoms in total. The van der Waals surface area contributed by atoms with Crippen molar-refractivity contribution in [3.8, 4) is 5.75 Å². The van der Waals surface area contributed by atoms with Crippen LogP contribution >= 0.6 is 11.6 Å². The van der Waals surface area contributed by atoms with Crippen molar-refractivity contribution in [2.75, 3.05) is 6.61 Å². The first-order chi connectivity index (χ1) is 6.25. The lowest BCUT2D eigenvalue weighted by atomic mass is 10.4. The van der Waals surface area contributed by atoms with Crippen molar-refractivity contribution in [1.29, 1.82) is 0 Å². The van der Waals surface area contributed by atoms with Crippen molar-refractivity contribution in [2.45, 2.75) is 12.8 Å². The van der Waals surface area contributed by atoms with Gasteiger partial charge in [-0.1, -0.05) is 11.6 Å². The van der Waals surface area contributed by atoms with Crippen LogP contribution < -0.4 is 4.74 Å². The van der Waals surface area contributed by atoms with Crippen molar-refractivity contribution in [3.05, 3.63) is 23.2 Å². The molecule has 1 saturated carbocycles. The molecule has 1 aliphatic carbocycles. The molecule has 0 aromatic carbocycles. The molecule has 70 valence electrons. The molecule has 1 aliphatic rings. The number of rotatable bonds is 3. The zero-order chi connectivity index (χ0) is 9.26. The molecule has 1 fully saturated rings. The zero-order valence-electron chi connectivity index (χ0n) is 6.96. The maximum atomic E-state index is 12.8. The fourth-order valence-electron chi connectivity index (χ4n) is 0.981. The van der Waals surface area contributed by atoms with Crippen LogP contribution in [0.3, 0.4) is 0 Å². The first-order valence-corrected chi connectivity index (χ1v) is 4.57.